The molecule has 1 rings (SSSR count). The first-order valence-electron chi connectivity index (χ1n) is 4.59. The van der Waals surface area contributed by atoms with Crippen molar-refractivity contribution in [2.75, 3.05) is 6.61 Å². The Morgan fingerprint density at radius 1 is 1.50 bits per heavy atom. The number of hydrogen-bond acceptors (Lipinski definition) is 4. The predicted molar refractivity (Wildman–Crippen MR) is 57.0 cm³/mol. The topological polar surface area (TPSA) is 39.2 Å². The number of aryl methyl sites for hydroxylation is 2. The summed E-state index contributed by atoms with van der Waals surface area (Å²) in [4.78, 5) is 16.6. The number of ether oxygens (including phenoxy) is 1. The molecule has 0 bridgehead atoms. The van der Waals surface area contributed by atoms with E-state index in [4.69, 9.17) is 4.74 Å². The Labute approximate surface area is 88.1 Å². The van der Waals surface area contributed by atoms with Crippen molar-refractivity contribution in [1.82, 2.24) is 4.98 Å². The molecule has 0 spiro atoms. The molecule has 0 unspecified atom stereocenters. The molecule has 14 heavy (non-hydrogen) atoms. The van der Waals surface area contributed by atoms with Gasteiger partial charge in [0.25, 0.3) is 0 Å². The van der Waals surface area contributed by atoms with E-state index in [0.717, 1.165) is 15.6 Å². The Morgan fingerprint density at radius 3 is 2.57 bits per heavy atom. The van der Waals surface area contributed by atoms with Crippen LogP contribution in [0.15, 0.2) is 0 Å². The van der Waals surface area contributed by atoms with Gasteiger partial charge in [0, 0.05) is 0 Å². The molecule has 0 atom stereocenters. The summed E-state index contributed by atoms with van der Waals surface area (Å²) in [5, 5.41) is 0.926. The van der Waals surface area contributed by atoms with Crippen LogP contribution in [0.25, 0.3) is 0 Å². The zero-order valence-electron chi connectivity index (χ0n) is 8.96. The van der Waals surface area contributed by atoms with Crippen molar-refractivity contribution in [3.05, 3.63) is 15.6 Å². The molecular weight excluding hydrogens is 198 g/mol. The number of hydrogen-bond donors (Lipinski definition) is 0. The van der Waals surface area contributed by atoms with Crippen molar-refractivity contribution in [2.24, 2.45) is 0 Å². The monoisotopic (exact) mass is 213 g/mol. The number of ketones is 1. The maximum atomic E-state index is 11.6. The lowest BCUT2D eigenvalue weighted by Gasteiger charge is -2.05. The summed E-state index contributed by atoms with van der Waals surface area (Å²) < 4.78 is 5.25. The molecule has 0 radical (unpaired) electrons. The SMILES string of the molecule is Cc1nc(C)c(C(=O)COC(C)C)s1. The largest absolute Gasteiger partial charge is 0.371 e. The van der Waals surface area contributed by atoms with E-state index >= 15 is 0 Å². The molecular formula is C10H15NO2S. The van der Waals surface area contributed by atoms with Gasteiger partial charge in [0.1, 0.15) is 6.61 Å². The number of thiazole rings is 1. The number of nitrogens with zero attached hydrogens (tertiary/aromatic N) is 1. The summed E-state index contributed by atoms with van der Waals surface area (Å²) in [6, 6.07) is 0. The first kappa shape index (κ1) is 11.3. The van der Waals surface area contributed by atoms with E-state index < -0.39 is 0 Å². The fraction of sp³-hybridized carbons (Fsp3) is 0.600. The van der Waals surface area contributed by atoms with Crippen LogP contribution in [0.4, 0.5) is 0 Å². The second kappa shape index (κ2) is 4.66. The van der Waals surface area contributed by atoms with Crippen LogP contribution in [-0.4, -0.2) is 23.5 Å². The van der Waals surface area contributed by atoms with Crippen molar-refractivity contribution in [3.8, 4) is 0 Å². The van der Waals surface area contributed by atoms with E-state index in [1.165, 1.54) is 11.3 Å². The van der Waals surface area contributed by atoms with Crippen molar-refractivity contribution in [3.63, 3.8) is 0 Å². The lowest BCUT2D eigenvalue weighted by atomic mass is 10.3. The summed E-state index contributed by atoms with van der Waals surface area (Å²) in [7, 11) is 0. The number of aromatic nitrogens is 1. The van der Waals surface area contributed by atoms with Gasteiger partial charge in [-0.3, -0.25) is 4.79 Å². The highest BCUT2D eigenvalue weighted by molar-refractivity contribution is 7.13. The highest BCUT2D eigenvalue weighted by atomic mass is 32.1. The molecule has 0 amide bonds. The first-order chi connectivity index (χ1) is 6.50. The molecule has 3 nitrogen and oxygen atoms in total. The molecule has 0 N–H and O–H groups in total. The third-order valence-electron chi connectivity index (χ3n) is 1.70. The molecule has 4 heteroatoms. The van der Waals surface area contributed by atoms with E-state index in [1.54, 1.807) is 0 Å². The van der Waals surface area contributed by atoms with E-state index in [0.29, 0.717) is 0 Å². The van der Waals surface area contributed by atoms with Crippen LogP contribution in [0.1, 0.15) is 34.2 Å². The Kier molecular flexibility index (Phi) is 3.77. The molecule has 0 aliphatic heterocycles. The van der Waals surface area contributed by atoms with Gasteiger partial charge in [0.15, 0.2) is 5.78 Å². The quantitative estimate of drug-likeness (QED) is 0.721. The van der Waals surface area contributed by atoms with E-state index in [2.05, 4.69) is 4.98 Å². The normalized spacial score (nSPS) is 10.9. The van der Waals surface area contributed by atoms with Crippen LogP contribution >= 0.6 is 11.3 Å². The maximum Gasteiger partial charge on any atom is 0.200 e. The Bertz CT molecular complexity index is 331. The van der Waals surface area contributed by atoms with E-state index in [-0.39, 0.29) is 18.5 Å². The smallest absolute Gasteiger partial charge is 0.200 e. The van der Waals surface area contributed by atoms with Gasteiger partial charge < -0.3 is 4.74 Å². The fourth-order valence-corrected chi connectivity index (χ4v) is 1.94. The van der Waals surface area contributed by atoms with Crippen LogP contribution in [0, 0.1) is 13.8 Å². The molecule has 0 aliphatic carbocycles. The second-order valence-corrected chi connectivity index (χ2v) is 4.63. The molecule has 1 heterocycles. The molecule has 78 valence electrons. The van der Waals surface area contributed by atoms with Crippen LogP contribution in [0.2, 0.25) is 0 Å². The van der Waals surface area contributed by atoms with Gasteiger partial charge in [-0.15, -0.1) is 11.3 Å². The highest BCUT2D eigenvalue weighted by Crippen LogP contribution is 2.17. The van der Waals surface area contributed by atoms with Gasteiger partial charge in [0.2, 0.25) is 0 Å². The van der Waals surface area contributed by atoms with Crippen LogP contribution in [-0.2, 0) is 4.74 Å². The maximum absolute atomic E-state index is 11.6. The zero-order chi connectivity index (χ0) is 10.7. The van der Waals surface area contributed by atoms with Crippen molar-refractivity contribution < 1.29 is 9.53 Å². The third kappa shape index (κ3) is 2.89. The summed E-state index contributed by atoms with van der Waals surface area (Å²) in [6.07, 6.45) is 0.0910. The van der Waals surface area contributed by atoms with Crippen molar-refractivity contribution >= 4 is 17.1 Å². The van der Waals surface area contributed by atoms with Crippen molar-refractivity contribution in [2.45, 2.75) is 33.8 Å². The minimum Gasteiger partial charge on any atom is -0.371 e. The molecule has 0 aliphatic rings. The fourth-order valence-electron chi connectivity index (χ4n) is 1.10. The zero-order valence-corrected chi connectivity index (χ0v) is 9.77. The molecule has 0 aromatic carbocycles. The Morgan fingerprint density at radius 2 is 2.14 bits per heavy atom. The first-order valence-corrected chi connectivity index (χ1v) is 5.41. The summed E-state index contributed by atoms with van der Waals surface area (Å²) in [5.41, 5.74) is 0.810. The number of rotatable bonds is 4. The third-order valence-corrected chi connectivity index (χ3v) is 2.82. The van der Waals surface area contributed by atoms with E-state index in [9.17, 15) is 4.79 Å². The van der Waals surface area contributed by atoms with Crippen LogP contribution in [0.3, 0.4) is 0 Å². The van der Waals surface area contributed by atoms with Crippen molar-refractivity contribution in [1.29, 1.82) is 0 Å². The second-order valence-electron chi connectivity index (χ2n) is 3.43. The Hall–Kier alpha value is -0.740. The number of carbonyl (C=O) groups is 1. The molecule has 0 saturated heterocycles. The van der Waals surface area contributed by atoms with E-state index in [1.807, 2.05) is 27.7 Å². The van der Waals surface area contributed by atoms with Gasteiger partial charge in [-0.1, -0.05) is 0 Å². The summed E-state index contributed by atoms with van der Waals surface area (Å²) in [5.74, 6) is 0.0294. The average Bonchev–Trinajstić information content (AvgIpc) is 2.41. The van der Waals surface area contributed by atoms with Crippen LogP contribution < -0.4 is 0 Å². The summed E-state index contributed by atoms with van der Waals surface area (Å²) >= 11 is 1.43. The molecule has 1 aromatic rings. The minimum absolute atomic E-state index is 0.0294. The Balaban J connectivity index is 2.65. The van der Waals surface area contributed by atoms with Crippen LogP contribution in [0.5, 0.6) is 0 Å². The van der Waals surface area contributed by atoms with Gasteiger partial charge in [-0.25, -0.2) is 4.98 Å². The predicted octanol–water partition coefficient (Wildman–Crippen LogP) is 2.37. The lowest BCUT2D eigenvalue weighted by Crippen LogP contribution is -2.13. The van der Waals surface area contributed by atoms with Gasteiger partial charge in [-0.05, 0) is 27.7 Å². The summed E-state index contributed by atoms with van der Waals surface area (Å²) in [6.45, 7) is 7.74. The average molecular weight is 213 g/mol. The van der Waals surface area contributed by atoms with Gasteiger partial charge >= 0.3 is 0 Å². The molecule has 0 saturated carbocycles. The highest BCUT2D eigenvalue weighted by Gasteiger charge is 2.14. The number of Topliss-reactive ketones (excluding diaryl/α,β-unsaturated/α-hetero) is 1. The standard InChI is InChI=1S/C10H15NO2S/c1-6(2)13-5-9(12)10-7(3)11-8(4)14-10/h6H,5H2,1-4H3. The van der Waals surface area contributed by atoms with Gasteiger partial charge in [0.05, 0.1) is 21.7 Å². The number of carbonyl (C=O) groups excluding carboxylic acids is 1. The molecule has 1 aromatic heterocycles. The lowest BCUT2D eigenvalue weighted by molar-refractivity contribution is 0.0587. The van der Waals surface area contributed by atoms with Gasteiger partial charge in [-0.2, -0.15) is 0 Å². The minimum atomic E-state index is 0.0294. The molecule has 0 fully saturated rings.